The van der Waals surface area contributed by atoms with Crippen LogP contribution in [0.5, 0.6) is 23.0 Å². The lowest BCUT2D eigenvalue weighted by atomic mass is 9.97. The number of methoxy groups -OCH3 is 4. The Morgan fingerprint density at radius 2 is 1.59 bits per heavy atom. The molecule has 3 rings (SSSR count). The lowest BCUT2D eigenvalue weighted by Gasteiger charge is -2.13. The van der Waals surface area contributed by atoms with Crippen molar-refractivity contribution in [1.82, 2.24) is 0 Å². The zero-order chi connectivity index (χ0) is 19.6. The second-order valence-corrected chi connectivity index (χ2v) is 5.86. The van der Waals surface area contributed by atoms with Crippen molar-refractivity contribution in [2.75, 3.05) is 28.4 Å². The molecular weight excluding hydrogens is 352 g/mol. The number of ether oxygens (including phenoxy) is 5. The summed E-state index contributed by atoms with van der Waals surface area (Å²) in [7, 11) is 5.97. The molecule has 2 aromatic carbocycles. The third kappa shape index (κ3) is 3.28. The molecule has 0 N–H and O–H groups in total. The van der Waals surface area contributed by atoms with E-state index < -0.39 is 12.1 Å². The van der Waals surface area contributed by atoms with E-state index in [1.807, 2.05) is 0 Å². The van der Waals surface area contributed by atoms with E-state index in [0.717, 1.165) is 0 Å². The Hall–Kier alpha value is -3.22. The van der Waals surface area contributed by atoms with Gasteiger partial charge in [0.2, 0.25) is 0 Å². The van der Waals surface area contributed by atoms with Gasteiger partial charge < -0.3 is 23.7 Å². The largest absolute Gasteiger partial charge is 0.493 e. The first-order valence-corrected chi connectivity index (χ1v) is 8.25. The maximum atomic E-state index is 12.7. The molecule has 27 heavy (non-hydrogen) atoms. The third-order valence-corrected chi connectivity index (χ3v) is 4.45. The highest BCUT2D eigenvalue weighted by Gasteiger charge is 2.37. The van der Waals surface area contributed by atoms with Gasteiger partial charge in [0.15, 0.2) is 28.8 Å². The van der Waals surface area contributed by atoms with Crippen LogP contribution in [-0.2, 0) is 4.74 Å². The van der Waals surface area contributed by atoms with Crippen molar-refractivity contribution >= 4 is 11.8 Å². The molecule has 142 valence electrons. The number of rotatable bonds is 7. The van der Waals surface area contributed by atoms with Crippen LogP contribution in [-0.4, -0.2) is 40.2 Å². The zero-order valence-corrected chi connectivity index (χ0v) is 15.5. The summed E-state index contributed by atoms with van der Waals surface area (Å²) in [5.74, 6) is 1.01. The predicted molar refractivity (Wildman–Crippen MR) is 96.2 cm³/mol. The molecule has 0 aromatic heterocycles. The third-order valence-electron chi connectivity index (χ3n) is 4.45. The first-order chi connectivity index (χ1) is 13.0. The Morgan fingerprint density at radius 3 is 2.22 bits per heavy atom. The monoisotopic (exact) mass is 372 g/mol. The van der Waals surface area contributed by atoms with Crippen LogP contribution in [0.3, 0.4) is 0 Å². The van der Waals surface area contributed by atoms with Crippen LogP contribution >= 0.6 is 0 Å². The lowest BCUT2D eigenvalue weighted by molar-refractivity contribution is 0.0365. The van der Waals surface area contributed by atoms with Crippen LogP contribution in [0.1, 0.15) is 38.8 Å². The Bertz CT molecular complexity index is 888. The van der Waals surface area contributed by atoms with Crippen molar-refractivity contribution in [2.45, 2.75) is 12.5 Å². The minimum atomic E-state index is -0.687. The second-order valence-electron chi connectivity index (χ2n) is 5.86. The lowest BCUT2D eigenvalue weighted by Crippen LogP contribution is -2.08. The average molecular weight is 372 g/mol. The fraction of sp³-hybridized carbons (Fsp3) is 0.300. The standard InChI is InChI=1S/C20H20O7/c1-23-14-7-5-11(9-17(14)25-3)13(21)10-16-12-6-8-15(24-2)19(26-4)18(12)20(22)27-16/h5-9,16H,10H2,1-4H3. The summed E-state index contributed by atoms with van der Waals surface area (Å²) in [5.41, 5.74) is 1.34. The molecule has 1 heterocycles. The molecule has 7 heteroatoms. The molecule has 0 radical (unpaired) electrons. The number of hydrogen-bond acceptors (Lipinski definition) is 7. The molecule has 1 atom stereocenters. The molecule has 0 bridgehead atoms. The summed E-state index contributed by atoms with van der Waals surface area (Å²) >= 11 is 0. The van der Waals surface area contributed by atoms with Crippen molar-refractivity contribution in [2.24, 2.45) is 0 Å². The number of hydrogen-bond donors (Lipinski definition) is 0. The van der Waals surface area contributed by atoms with E-state index in [9.17, 15) is 9.59 Å². The van der Waals surface area contributed by atoms with Gasteiger partial charge >= 0.3 is 5.97 Å². The van der Waals surface area contributed by atoms with Gasteiger partial charge in [0, 0.05) is 11.1 Å². The number of fused-ring (bicyclic) bond motifs is 1. The van der Waals surface area contributed by atoms with Crippen LogP contribution in [0.2, 0.25) is 0 Å². The van der Waals surface area contributed by atoms with Crippen LogP contribution in [0.15, 0.2) is 30.3 Å². The summed E-state index contributed by atoms with van der Waals surface area (Å²) in [4.78, 5) is 25.0. The minimum Gasteiger partial charge on any atom is -0.493 e. The molecule has 0 spiro atoms. The van der Waals surface area contributed by atoms with E-state index >= 15 is 0 Å². The van der Waals surface area contributed by atoms with E-state index in [2.05, 4.69) is 0 Å². The van der Waals surface area contributed by atoms with Gasteiger partial charge in [0.1, 0.15) is 11.7 Å². The van der Waals surface area contributed by atoms with Gasteiger partial charge in [-0.25, -0.2) is 4.79 Å². The summed E-state index contributed by atoms with van der Waals surface area (Å²) < 4.78 is 26.3. The molecule has 0 fully saturated rings. The quantitative estimate of drug-likeness (QED) is 0.545. The number of esters is 1. The van der Waals surface area contributed by atoms with Gasteiger partial charge in [0.25, 0.3) is 0 Å². The Labute approximate surface area is 156 Å². The van der Waals surface area contributed by atoms with E-state index in [-0.39, 0.29) is 12.2 Å². The van der Waals surface area contributed by atoms with Gasteiger partial charge in [-0.3, -0.25) is 4.79 Å². The van der Waals surface area contributed by atoms with Gasteiger partial charge in [0.05, 0.1) is 34.9 Å². The van der Waals surface area contributed by atoms with Crippen LogP contribution in [0.25, 0.3) is 0 Å². The molecule has 0 saturated carbocycles. The Balaban J connectivity index is 1.88. The van der Waals surface area contributed by atoms with E-state index in [1.165, 1.54) is 28.4 Å². The Kier molecular flexibility index (Phi) is 5.21. The second kappa shape index (κ2) is 7.57. The number of ketones is 1. The van der Waals surface area contributed by atoms with Crippen molar-refractivity contribution in [1.29, 1.82) is 0 Å². The molecule has 2 aromatic rings. The Morgan fingerprint density at radius 1 is 0.926 bits per heavy atom. The molecular formula is C20H20O7. The van der Waals surface area contributed by atoms with Crippen molar-refractivity contribution in [3.8, 4) is 23.0 Å². The highest BCUT2D eigenvalue weighted by molar-refractivity contribution is 6.01. The normalized spacial score (nSPS) is 15.0. The van der Waals surface area contributed by atoms with Crippen LogP contribution < -0.4 is 18.9 Å². The van der Waals surface area contributed by atoms with E-state index in [0.29, 0.717) is 39.7 Å². The fourth-order valence-corrected chi connectivity index (χ4v) is 3.12. The van der Waals surface area contributed by atoms with Crippen molar-refractivity contribution < 1.29 is 33.3 Å². The summed E-state index contributed by atoms with van der Waals surface area (Å²) in [6.45, 7) is 0. The predicted octanol–water partition coefficient (Wildman–Crippen LogP) is 3.21. The molecule has 1 aliphatic rings. The number of Topliss-reactive ketones (excluding diaryl/α,β-unsaturated/α-hetero) is 1. The molecule has 7 nitrogen and oxygen atoms in total. The van der Waals surface area contributed by atoms with Crippen LogP contribution in [0, 0.1) is 0 Å². The molecule has 0 aliphatic carbocycles. The van der Waals surface area contributed by atoms with Gasteiger partial charge in [-0.05, 0) is 24.3 Å². The number of carbonyl (C=O) groups excluding carboxylic acids is 2. The fourth-order valence-electron chi connectivity index (χ4n) is 3.12. The van der Waals surface area contributed by atoms with E-state index in [4.69, 9.17) is 23.7 Å². The van der Waals surface area contributed by atoms with E-state index in [1.54, 1.807) is 30.3 Å². The minimum absolute atomic E-state index is 0.00368. The van der Waals surface area contributed by atoms with Gasteiger partial charge in [-0.15, -0.1) is 0 Å². The van der Waals surface area contributed by atoms with Crippen molar-refractivity contribution in [3.05, 3.63) is 47.0 Å². The first-order valence-electron chi connectivity index (χ1n) is 8.25. The van der Waals surface area contributed by atoms with Crippen molar-refractivity contribution in [3.63, 3.8) is 0 Å². The summed E-state index contributed by atoms with van der Waals surface area (Å²) in [6.07, 6.45) is -0.683. The number of benzene rings is 2. The highest BCUT2D eigenvalue weighted by atomic mass is 16.6. The first kappa shape index (κ1) is 18.6. The number of carbonyl (C=O) groups is 2. The van der Waals surface area contributed by atoms with Crippen LogP contribution in [0.4, 0.5) is 0 Å². The van der Waals surface area contributed by atoms with Gasteiger partial charge in [-0.2, -0.15) is 0 Å². The molecule has 1 aliphatic heterocycles. The highest BCUT2D eigenvalue weighted by Crippen LogP contribution is 2.43. The SMILES string of the molecule is COc1ccc(C(=O)CC2OC(=O)c3c2ccc(OC)c3OC)cc1OC. The summed E-state index contributed by atoms with van der Waals surface area (Å²) in [6, 6.07) is 8.32. The smallest absolute Gasteiger partial charge is 0.343 e. The molecule has 0 saturated heterocycles. The zero-order valence-electron chi connectivity index (χ0n) is 15.5. The topological polar surface area (TPSA) is 80.3 Å². The summed E-state index contributed by atoms with van der Waals surface area (Å²) in [5, 5.41) is 0. The van der Waals surface area contributed by atoms with Gasteiger partial charge in [-0.1, -0.05) is 6.07 Å². The molecule has 0 amide bonds. The molecule has 1 unspecified atom stereocenters. The number of cyclic esters (lactones) is 1. The maximum Gasteiger partial charge on any atom is 0.343 e. The maximum absolute atomic E-state index is 12.7. The average Bonchev–Trinajstić information content (AvgIpc) is 3.01.